The van der Waals surface area contributed by atoms with Crippen molar-refractivity contribution in [3.05, 3.63) is 54.0 Å². The fraction of sp³-hybridized carbons (Fsp3) is 0.438. The summed E-state index contributed by atoms with van der Waals surface area (Å²) in [7, 11) is 2.01. The number of imidazole rings is 1. The van der Waals surface area contributed by atoms with Crippen LogP contribution in [-0.2, 0) is 7.05 Å². The molecule has 0 aliphatic heterocycles. The van der Waals surface area contributed by atoms with E-state index in [1.165, 1.54) is 19.3 Å². The molecule has 0 saturated heterocycles. The molecule has 106 valence electrons. The molecular weight excluding hydrogens is 250 g/mol. The van der Waals surface area contributed by atoms with Gasteiger partial charge in [-0.1, -0.05) is 11.6 Å². The van der Waals surface area contributed by atoms with Gasteiger partial charge in [-0.3, -0.25) is 0 Å². The third-order valence-corrected chi connectivity index (χ3v) is 3.87. The van der Waals surface area contributed by atoms with Gasteiger partial charge in [0.05, 0.1) is 6.26 Å². The average Bonchev–Trinajstić information content (AvgIpc) is 3.18. The van der Waals surface area contributed by atoms with Crippen molar-refractivity contribution >= 4 is 0 Å². The highest BCUT2D eigenvalue weighted by Gasteiger charge is 2.20. The minimum Gasteiger partial charge on any atom is -0.467 e. The molecule has 0 saturated carbocycles. The number of aryl methyl sites for hydroxylation is 1. The molecule has 1 aliphatic carbocycles. The van der Waals surface area contributed by atoms with Crippen LogP contribution in [0.25, 0.3) is 0 Å². The fourth-order valence-corrected chi connectivity index (χ4v) is 2.77. The van der Waals surface area contributed by atoms with E-state index in [0.717, 1.165) is 24.6 Å². The number of nitrogens with zero attached hydrogens (tertiary/aromatic N) is 2. The van der Waals surface area contributed by atoms with Gasteiger partial charge in [0.2, 0.25) is 0 Å². The van der Waals surface area contributed by atoms with E-state index in [0.29, 0.717) is 0 Å². The highest BCUT2D eigenvalue weighted by molar-refractivity contribution is 5.16. The smallest absolute Gasteiger partial charge is 0.133 e. The van der Waals surface area contributed by atoms with Crippen molar-refractivity contribution in [2.45, 2.75) is 31.7 Å². The van der Waals surface area contributed by atoms with Gasteiger partial charge < -0.3 is 14.3 Å². The predicted octanol–water partition coefficient (Wildman–Crippen LogP) is 3.19. The molecule has 20 heavy (non-hydrogen) atoms. The van der Waals surface area contributed by atoms with E-state index in [9.17, 15) is 0 Å². The highest BCUT2D eigenvalue weighted by Crippen LogP contribution is 2.23. The van der Waals surface area contributed by atoms with Crippen molar-refractivity contribution in [2.75, 3.05) is 6.54 Å². The summed E-state index contributed by atoms with van der Waals surface area (Å²) in [5, 5.41) is 3.57. The van der Waals surface area contributed by atoms with Gasteiger partial charge in [-0.25, -0.2) is 4.98 Å². The second-order valence-corrected chi connectivity index (χ2v) is 5.30. The molecule has 2 aromatic heterocycles. The first kappa shape index (κ1) is 13.2. The molecule has 1 aliphatic rings. The second-order valence-electron chi connectivity index (χ2n) is 5.30. The van der Waals surface area contributed by atoms with E-state index >= 15 is 0 Å². The van der Waals surface area contributed by atoms with Gasteiger partial charge in [0.25, 0.3) is 0 Å². The summed E-state index contributed by atoms with van der Waals surface area (Å²) in [4.78, 5) is 4.45. The topological polar surface area (TPSA) is 43.0 Å². The molecule has 3 rings (SSSR count). The SMILES string of the molecule is Cn1ccnc1C(NCCC1=CCCC1)c1ccco1. The molecule has 0 amide bonds. The number of allylic oxidation sites excluding steroid dienone is 1. The van der Waals surface area contributed by atoms with Crippen LogP contribution in [0.2, 0.25) is 0 Å². The van der Waals surface area contributed by atoms with Crippen LogP contribution in [0.15, 0.2) is 46.9 Å². The Balaban J connectivity index is 1.68. The monoisotopic (exact) mass is 271 g/mol. The fourth-order valence-electron chi connectivity index (χ4n) is 2.77. The molecule has 0 fully saturated rings. The van der Waals surface area contributed by atoms with Gasteiger partial charge >= 0.3 is 0 Å². The van der Waals surface area contributed by atoms with Crippen molar-refractivity contribution in [1.29, 1.82) is 0 Å². The Kier molecular flexibility index (Phi) is 4.02. The molecule has 0 aromatic carbocycles. The quantitative estimate of drug-likeness (QED) is 0.820. The Bertz CT molecular complexity index is 568. The number of hydrogen-bond acceptors (Lipinski definition) is 3. The molecule has 4 nitrogen and oxygen atoms in total. The van der Waals surface area contributed by atoms with Crippen molar-refractivity contribution in [1.82, 2.24) is 14.9 Å². The predicted molar refractivity (Wildman–Crippen MR) is 78.3 cm³/mol. The molecule has 0 radical (unpaired) electrons. The largest absolute Gasteiger partial charge is 0.467 e. The van der Waals surface area contributed by atoms with E-state index in [1.807, 2.05) is 36.1 Å². The minimum absolute atomic E-state index is 0.0204. The lowest BCUT2D eigenvalue weighted by molar-refractivity contribution is 0.431. The van der Waals surface area contributed by atoms with Crippen LogP contribution in [0.1, 0.15) is 43.3 Å². The van der Waals surface area contributed by atoms with Crippen LogP contribution >= 0.6 is 0 Å². The van der Waals surface area contributed by atoms with Crippen LogP contribution in [0.3, 0.4) is 0 Å². The number of furan rings is 1. The van der Waals surface area contributed by atoms with Crippen molar-refractivity contribution < 1.29 is 4.42 Å². The Labute approximate surface area is 119 Å². The van der Waals surface area contributed by atoms with Gasteiger partial charge in [0, 0.05) is 19.4 Å². The highest BCUT2D eigenvalue weighted by atomic mass is 16.3. The molecule has 2 aromatic rings. The first-order chi connectivity index (χ1) is 9.84. The van der Waals surface area contributed by atoms with Crippen LogP contribution < -0.4 is 5.32 Å². The molecule has 2 heterocycles. The lowest BCUT2D eigenvalue weighted by Crippen LogP contribution is -2.26. The third kappa shape index (κ3) is 2.85. The van der Waals surface area contributed by atoms with E-state index in [-0.39, 0.29) is 6.04 Å². The van der Waals surface area contributed by atoms with Gasteiger partial charge in [-0.15, -0.1) is 0 Å². The lowest BCUT2D eigenvalue weighted by atomic mass is 10.1. The van der Waals surface area contributed by atoms with Crippen LogP contribution in [0.5, 0.6) is 0 Å². The first-order valence-electron chi connectivity index (χ1n) is 7.26. The first-order valence-corrected chi connectivity index (χ1v) is 7.26. The summed E-state index contributed by atoms with van der Waals surface area (Å²) >= 11 is 0. The summed E-state index contributed by atoms with van der Waals surface area (Å²) in [5.41, 5.74) is 1.58. The zero-order valence-electron chi connectivity index (χ0n) is 11.9. The minimum atomic E-state index is 0.0204. The van der Waals surface area contributed by atoms with E-state index in [4.69, 9.17) is 4.42 Å². The van der Waals surface area contributed by atoms with E-state index in [1.54, 1.807) is 11.8 Å². The normalized spacial score (nSPS) is 16.4. The van der Waals surface area contributed by atoms with Crippen molar-refractivity contribution in [3.63, 3.8) is 0 Å². The number of hydrogen-bond donors (Lipinski definition) is 1. The average molecular weight is 271 g/mol. The lowest BCUT2D eigenvalue weighted by Gasteiger charge is -2.16. The maximum Gasteiger partial charge on any atom is 0.133 e. The van der Waals surface area contributed by atoms with Crippen LogP contribution in [0, 0.1) is 0 Å². The zero-order chi connectivity index (χ0) is 13.8. The molecule has 0 bridgehead atoms. The van der Waals surface area contributed by atoms with E-state index < -0.39 is 0 Å². The number of aromatic nitrogens is 2. The maximum atomic E-state index is 5.57. The molecule has 1 N–H and O–H groups in total. The second kappa shape index (κ2) is 6.09. The molecule has 1 atom stereocenters. The van der Waals surface area contributed by atoms with Crippen LogP contribution in [-0.4, -0.2) is 16.1 Å². The molecule has 1 unspecified atom stereocenters. The zero-order valence-corrected chi connectivity index (χ0v) is 11.9. The number of rotatable bonds is 6. The van der Waals surface area contributed by atoms with Gasteiger partial charge in [-0.2, -0.15) is 0 Å². The third-order valence-electron chi connectivity index (χ3n) is 3.87. The van der Waals surface area contributed by atoms with Gasteiger partial charge in [-0.05, 0) is 44.4 Å². The summed E-state index contributed by atoms with van der Waals surface area (Å²) < 4.78 is 7.60. The summed E-state index contributed by atoms with van der Waals surface area (Å²) in [5.74, 6) is 1.90. The Hall–Kier alpha value is -1.81. The molecule has 0 spiro atoms. The van der Waals surface area contributed by atoms with Gasteiger partial charge in [0.1, 0.15) is 17.6 Å². The summed E-state index contributed by atoms with van der Waals surface area (Å²) in [6.45, 7) is 0.948. The Morgan fingerprint density at radius 2 is 2.45 bits per heavy atom. The molecular formula is C16H21N3O. The molecule has 4 heteroatoms. The van der Waals surface area contributed by atoms with E-state index in [2.05, 4.69) is 16.4 Å². The Morgan fingerprint density at radius 3 is 3.10 bits per heavy atom. The van der Waals surface area contributed by atoms with Crippen molar-refractivity contribution in [3.8, 4) is 0 Å². The summed E-state index contributed by atoms with van der Waals surface area (Å²) in [6.07, 6.45) is 12.8. The van der Waals surface area contributed by atoms with Gasteiger partial charge in [0.15, 0.2) is 0 Å². The maximum absolute atomic E-state index is 5.57. The summed E-state index contributed by atoms with van der Waals surface area (Å²) in [6, 6.07) is 3.94. The number of nitrogens with one attached hydrogen (secondary N) is 1. The van der Waals surface area contributed by atoms with Crippen LogP contribution in [0.4, 0.5) is 0 Å². The standard InChI is InChI=1S/C16H21N3O/c1-19-11-10-18-16(19)15(14-7-4-12-20-14)17-9-8-13-5-2-3-6-13/h4-5,7,10-12,15,17H,2-3,6,8-9H2,1H3. The van der Waals surface area contributed by atoms with Crippen molar-refractivity contribution in [2.24, 2.45) is 7.05 Å². The Morgan fingerprint density at radius 1 is 1.50 bits per heavy atom.